The van der Waals surface area contributed by atoms with Gasteiger partial charge in [0.2, 0.25) is 5.17 Å². The number of carbonyl (C=O) groups is 1. The number of halogens is 1. The van der Waals surface area contributed by atoms with Gasteiger partial charge in [-0.15, -0.1) is 0 Å². The molecule has 1 aromatic carbocycles. The summed E-state index contributed by atoms with van der Waals surface area (Å²) in [6.45, 7) is 2.15. The first kappa shape index (κ1) is 21.4. The molecule has 160 valence electrons. The number of ether oxygens (including phenoxy) is 1. The van der Waals surface area contributed by atoms with Crippen molar-refractivity contribution in [3.05, 3.63) is 52.8 Å². The first-order valence-electron chi connectivity index (χ1n) is 10.0. The van der Waals surface area contributed by atoms with Crippen molar-refractivity contribution in [2.45, 2.75) is 32.6 Å². The van der Waals surface area contributed by atoms with Crippen LogP contribution < -0.4 is 4.74 Å². The predicted octanol–water partition coefficient (Wildman–Crippen LogP) is 5.34. The molecule has 0 atom stereocenters. The lowest BCUT2D eigenvalue weighted by Crippen LogP contribution is -2.35. The molecule has 1 aromatic heterocycles. The number of amides is 1. The summed E-state index contributed by atoms with van der Waals surface area (Å²) in [5.74, 6) is 0.186. The number of benzene rings is 1. The third kappa shape index (κ3) is 4.31. The van der Waals surface area contributed by atoms with E-state index in [0.29, 0.717) is 15.9 Å². The van der Waals surface area contributed by atoms with Crippen LogP contribution in [0.25, 0.3) is 11.8 Å². The molecule has 0 saturated carbocycles. The lowest BCUT2D eigenvalue weighted by atomic mass is 10.1. The second-order valence-corrected chi connectivity index (χ2v) is 8.54. The number of methoxy groups -OCH3 is 1. The number of amidine groups is 2. The van der Waals surface area contributed by atoms with Crippen LogP contribution in [0.5, 0.6) is 5.75 Å². The van der Waals surface area contributed by atoms with Gasteiger partial charge in [-0.3, -0.25) is 10.2 Å². The van der Waals surface area contributed by atoms with Crippen LogP contribution in [0.3, 0.4) is 0 Å². The highest BCUT2D eigenvalue weighted by molar-refractivity contribution is 8.26. The lowest BCUT2D eigenvalue weighted by Gasteiger charge is -2.20. The Hall–Kier alpha value is -2.84. The van der Waals surface area contributed by atoms with Gasteiger partial charge >= 0.3 is 0 Å². The predicted molar refractivity (Wildman–Crippen MR) is 126 cm³/mol. The minimum absolute atomic E-state index is 0.0357. The van der Waals surface area contributed by atoms with Gasteiger partial charge in [-0.05, 0) is 61.0 Å². The maximum atomic E-state index is 12.7. The highest BCUT2D eigenvalue weighted by atomic mass is 35.5. The van der Waals surface area contributed by atoms with E-state index in [1.165, 1.54) is 16.8 Å². The molecule has 0 radical (unpaired) electrons. The third-order valence-electron chi connectivity index (χ3n) is 4.98. The summed E-state index contributed by atoms with van der Waals surface area (Å²) in [4.78, 5) is 16.9. The van der Waals surface area contributed by atoms with Gasteiger partial charge in [0.1, 0.15) is 10.8 Å². The molecule has 0 unspecified atom stereocenters. The number of unbranched alkanes of at least 4 members (excludes halogenated alkanes) is 2. The number of nitrogens with zero attached hydrogens (tertiary/aromatic N) is 4. The summed E-state index contributed by atoms with van der Waals surface area (Å²) in [7, 11) is 1.57. The van der Waals surface area contributed by atoms with Gasteiger partial charge in [0.15, 0.2) is 5.84 Å². The molecule has 1 amide bonds. The van der Waals surface area contributed by atoms with Crippen molar-refractivity contribution < 1.29 is 9.53 Å². The number of rotatable bonds is 7. The van der Waals surface area contributed by atoms with E-state index in [1.807, 2.05) is 29.0 Å². The molecule has 1 N–H and O–H groups in total. The molecule has 2 aliphatic heterocycles. The van der Waals surface area contributed by atoms with Crippen molar-refractivity contribution in [2.24, 2.45) is 10.1 Å². The van der Waals surface area contributed by atoms with E-state index in [-0.39, 0.29) is 11.4 Å². The van der Waals surface area contributed by atoms with E-state index in [9.17, 15) is 4.79 Å². The Morgan fingerprint density at radius 2 is 2.13 bits per heavy atom. The molecule has 0 bridgehead atoms. The van der Waals surface area contributed by atoms with E-state index in [0.717, 1.165) is 42.1 Å². The van der Waals surface area contributed by atoms with Crippen molar-refractivity contribution in [3.63, 3.8) is 0 Å². The fraction of sp³-hybridized carbons (Fsp3) is 0.273. The average molecular weight is 456 g/mol. The van der Waals surface area contributed by atoms with Gasteiger partial charge in [0.05, 0.1) is 17.7 Å². The maximum absolute atomic E-state index is 12.7. The Balaban J connectivity index is 1.62. The summed E-state index contributed by atoms with van der Waals surface area (Å²) in [5, 5.41) is 16.4. The fourth-order valence-electron chi connectivity index (χ4n) is 3.36. The van der Waals surface area contributed by atoms with E-state index in [2.05, 4.69) is 17.0 Å². The van der Waals surface area contributed by atoms with Gasteiger partial charge in [-0.25, -0.2) is 0 Å². The monoisotopic (exact) mass is 455 g/mol. The minimum Gasteiger partial charge on any atom is -0.495 e. The highest BCUT2D eigenvalue weighted by Crippen LogP contribution is 2.31. The Morgan fingerprint density at radius 3 is 2.87 bits per heavy atom. The molecule has 9 heteroatoms. The summed E-state index contributed by atoms with van der Waals surface area (Å²) in [6, 6.07) is 9.18. The zero-order valence-electron chi connectivity index (χ0n) is 17.3. The molecule has 0 saturated heterocycles. The summed E-state index contributed by atoms with van der Waals surface area (Å²) in [5.41, 5.74) is 1.74. The number of fused-ring (bicyclic) bond motifs is 1. The van der Waals surface area contributed by atoms with Crippen LogP contribution in [0, 0.1) is 5.41 Å². The zero-order valence-corrected chi connectivity index (χ0v) is 18.8. The van der Waals surface area contributed by atoms with Crippen molar-refractivity contribution in [1.29, 1.82) is 5.41 Å². The number of nitrogens with one attached hydrogen (secondary N) is 1. The third-order valence-corrected chi connectivity index (χ3v) is 6.24. The number of aromatic nitrogens is 1. The normalized spacial score (nSPS) is 17.1. The molecular weight excluding hydrogens is 434 g/mol. The largest absolute Gasteiger partial charge is 0.495 e. The zero-order chi connectivity index (χ0) is 22.0. The number of aliphatic imine (C=N–C) groups is 1. The summed E-state index contributed by atoms with van der Waals surface area (Å²) in [6.07, 6.45) is 7.65. The summed E-state index contributed by atoms with van der Waals surface area (Å²) < 4.78 is 7.10. The van der Waals surface area contributed by atoms with Crippen LogP contribution >= 0.6 is 23.4 Å². The first-order valence-corrected chi connectivity index (χ1v) is 11.2. The van der Waals surface area contributed by atoms with E-state index < -0.39 is 5.91 Å². The molecule has 31 heavy (non-hydrogen) atoms. The Morgan fingerprint density at radius 1 is 1.29 bits per heavy atom. The van der Waals surface area contributed by atoms with Crippen LogP contribution in [0.2, 0.25) is 5.02 Å². The van der Waals surface area contributed by atoms with Gasteiger partial charge in [-0.1, -0.05) is 31.4 Å². The molecule has 3 heterocycles. The molecule has 2 aliphatic rings. The van der Waals surface area contributed by atoms with Crippen LogP contribution in [0.15, 0.2) is 52.2 Å². The Kier molecular flexibility index (Phi) is 6.29. The van der Waals surface area contributed by atoms with Crippen molar-refractivity contribution in [2.75, 3.05) is 7.11 Å². The number of hydrogen-bond donors (Lipinski definition) is 1. The second kappa shape index (κ2) is 9.11. The van der Waals surface area contributed by atoms with Gasteiger partial charge in [-0.2, -0.15) is 15.1 Å². The maximum Gasteiger partial charge on any atom is 0.283 e. The summed E-state index contributed by atoms with van der Waals surface area (Å²) >= 11 is 7.65. The van der Waals surface area contributed by atoms with Crippen molar-refractivity contribution >= 4 is 51.4 Å². The number of hydrazone groups is 1. The molecule has 2 aromatic rings. The Labute approximate surface area is 189 Å². The topological polar surface area (TPSA) is 83.0 Å². The van der Waals surface area contributed by atoms with Gasteiger partial charge in [0, 0.05) is 17.6 Å². The smallest absolute Gasteiger partial charge is 0.283 e. The molecule has 0 fully saturated rings. The first-order chi connectivity index (χ1) is 15.0. The Bertz CT molecular complexity index is 1130. The van der Waals surface area contributed by atoms with E-state index in [4.69, 9.17) is 21.7 Å². The molecule has 0 spiro atoms. The number of carbonyl (C=O) groups excluding carboxylic acids is 1. The van der Waals surface area contributed by atoms with E-state index in [1.54, 1.807) is 25.3 Å². The standard InChI is InChI=1S/C22H22ClN5O2S/c1-3-4-5-8-19-26-28-20(24)16(21(29)25-22(28)31-19)12-14-7-6-11-27(14)15-9-10-18(30-2)17(23)13-15/h6-7,9-13,24H,3-5,8H2,1-2H3/b16-12-,24-20?. The van der Waals surface area contributed by atoms with Crippen LogP contribution in [-0.4, -0.2) is 38.6 Å². The number of hydrogen-bond acceptors (Lipinski definition) is 5. The quantitative estimate of drug-likeness (QED) is 0.451. The lowest BCUT2D eigenvalue weighted by molar-refractivity contribution is -0.114. The molecule has 4 rings (SSSR count). The average Bonchev–Trinajstić information content (AvgIpc) is 3.38. The van der Waals surface area contributed by atoms with Crippen LogP contribution in [0.1, 0.15) is 38.3 Å². The second-order valence-electron chi connectivity index (χ2n) is 7.09. The van der Waals surface area contributed by atoms with Gasteiger partial charge in [0.25, 0.3) is 5.91 Å². The highest BCUT2D eigenvalue weighted by Gasteiger charge is 2.35. The molecule has 0 aliphatic carbocycles. The van der Waals surface area contributed by atoms with E-state index >= 15 is 0 Å². The van der Waals surface area contributed by atoms with Crippen molar-refractivity contribution in [1.82, 2.24) is 9.58 Å². The molecular formula is C22H22ClN5O2S. The van der Waals surface area contributed by atoms with Crippen molar-refractivity contribution in [3.8, 4) is 11.4 Å². The fourth-order valence-corrected chi connectivity index (χ4v) is 4.54. The SMILES string of the molecule is CCCCCC1=NN2C(=N)/C(=C/c3cccn3-c3ccc(OC)c(Cl)c3)C(=O)N=C2S1. The van der Waals surface area contributed by atoms with Crippen LogP contribution in [-0.2, 0) is 4.79 Å². The molecule has 7 nitrogen and oxygen atoms in total. The van der Waals surface area contributed by atoms with Crippen LogP contribution in [0.4, 0.5) is 0 Å². The van der Waals surface area contributed by atoms with Gasteiger partial charge < -0.3 is 9.30 Å². The minimum atomic E-state index is -0.436. The number of thioether (sulfide) groups is 1.